The van der Waals surface area contributed by atoms with Crippen LogP contribution in [0.1, 0.15) is 36.5 Å². The van der Waals surface area contributed by atoms with Gasteiger partial charge < -0.3 is 14.2 Å². The molecule has 0 amide bonds. The van der Waals surface area contributed by atoms with Gasteiger partial charge in [0.1, 0.15) is 11.9 Å². The molecule has 1 fully saturated rings. The molecule has 1 heterocycles. The first-order valence-corrected chi connectivity index (χ1v) is 11.6. The molecule has 3 aromatic rings. The van der Waals surface area contributed by atoms with Crippen LogP contribution in [0.15, 0.2) is 42.5 Å². The van der Waals surface area contributed by atoms with Crippen LogP contribution in [0, 0.1) is 23.3 Å². The third-order valence-electron chi connectivity index (χ3n) is 5.99. The summed E-state index contributed by atoms with van der Waals surface area (Å²) in [4.78, 5) is 0. The van der Waals surface area contributed by atoms with Gasteiger partial charge in [-0.05, 0) is 59.9 Å². The van der Waals surface area contributed by atoms with Crippen LogP contribution in [0.4, 0.5) is 17.6 Å². The molecular weight excluding hydrogens is 448 g/mol. The maximum absolute atomic E-state index is 15.1. The van der Waals surface area contributed by atoms with Crippen molar-refractivity contribution in [2.24, 2.45) is 0 Å². The molecule has 0 radical (unpaired) electrons. The van der Waals surface area contributed by atoms with Crippen molar-refractivity contribution in [3.8, 4) is 0 Å². The number of halogens is 4. The molecule has 0 bridgehead atoms. The molecule has 34 heavy (non-hydrogen) atoms. The van der Waals surface area contributed by atoms with E-state index in [1.54, 1.807) is 12.1 Å². The Balaban J connectivity index is 1.35. The van der Waals surface area contributed by atoms with Crippen LogP contribution in [0.3, 0.4) is 0 Å². The number of fused-ring (bicyclic) bond motifs is 1. The zero-order valence-corrected chi connectivity index (χ0v) is 19.1. The highest BCUT2D eigenvalue weighted by atomic mass is 19.2. The third-order valence-corrected chi connectivity index (χ3v) is 5.99. The van der Waals surface area contributed by atoms with E-state index in [0.29, 0.717) is 37.2 Å². The average molecular weight is 477 g/mol. The zero-order chi connectivity index (χ0) is 24.1. The molecule has 3 nitrogen and oxygen atoms in total. The van der Waals surface area contributed by atoms with E-state index < -0.39 is 17.5 Å². The topological polar surface area (TPSA) is 27.7 Å². The summed E-state index contributed by atoms with van der Waals surface area (Å²) in [6, 6.07) is 11.0. The molecule has 0 N–H and O–H groups in total. The summed E-state index contributed by atoms with van der Waals surface area (Å²) in [5, 5.41) is 1.26. The molecule has 1 aliphatic rings. The predicted molar refractivity (Wildman–Crippen MR) is 122 cm³/mol. The van der Waals surface area contributed by atoms with Gasteiger partial charge in [-0.2, -0.15) is 0 Å². The van der Waals surface area contributed by atoms with Crippen LogP contribution in [-0.2, 0) is 33.5 Å². The fourth-order valence-electron chi connectivity index (χ4n) is 4.12. The largest absolute Gasteiger partial charge is 0.373 e. The summed E-state index contributed by atoms with van der Waals surface area (Å²) in [5.74, 6) is -4.34. The Bertz CT molecular complexity index is 1100. The van der Waals surface area contributed by atoms with E-state index in [1.807, 2.05) is 18.2 Å². The Morgan fingerprint density at radius 1 is 0.824 bits per heavy atom. The molecule has 0 spiro atoms. The van der Waals surface area contributed by atoms with E-state index in [4.69, 9.17) is 14.2 Å². The minimum absolute atomic E-state index is 0.0184. The highest BCUT2D eigenvalue weighted by molar-refractivity contribution is 5.84. The summed E-state index contributed by atoms with van der Waals surface area (Å²) in [6.45, 7) is 3.80. The minimum atomic E-state index is -1.50. The van der Waals surface area contributed by atoms with Gasteiger partial charge in [-0.3, -0.25) is 0 Å². The number of benzene rings is 3. The van der Waals surface area contributed by atoms with Crippen LogP contribution >= 0.6 is 0 Å². The molecule has 0 atom stereocenters. The van der Waals surface area contributed by atoms with Crippen molar-refractivity contribution in [3.05, 3.63) is 82.4 Å². The van der Waals surface area contributed by atoms with Crippen molar-refractivity contribution in [2.75, 3.05) is 19.8 Å². The lowest BCUT2D eigenvalue weighted by Crippen LogP contribution is -2.37. The first-order chi connectivity index (χ1) is 16.4. The summed E-state index contributed by atoms with van der Waals surface area (Å²) < 4.78 is 72.2. The van der Waals surface area contributed by atoms with Gasteiger partial charge in [0.05, 0.1) is 13.2 Å². The second kappa shape index (κ2) is 11.3. The van der Waals surface area contributed by atoms with Crippen LogP contribution in [0.25, 0.3) is 10.8 Å². The van der Waals surface area contributed by atoms with Gasteiger partial charge >= 0.3 is 0 Å². The van der Waals surface area contributed by atoms with Gasteiger partial charge in [-0.25, -0.2) is 17.6 Å². The molecule has 1 saturated heterocycles. The van der Waals surface area contributed by atoms with E-state index in [2.05, 4.69) is 6.92 Å². The van der Waals surface area contributed by atoms with Crippen LogP contribution in [0.5, 0.6) is 0 Å². The molecule has 7 heteroatoms. The Morgan fingerprint density at radius 3 is 2.26 bits per heavy atom. The first-order valence-electron chi connectivity index (χ1n) is 11.6. The lowest BCUT2D eigenvalue weighted by atomic mass is 9.98. The fourth-order valence-corrected chi connectivity index (χ4v) is 4.12. The van der Waals surface area contributed by atoms with E-state index in [0.717, 1.165) is 35.9 Å². The average Bonchev–Trinajstić information content (AvgIpc) is 2.85. The van der Waals surface area contributed by atoms with Crippen molar-refractivity contribution in [1.29, 1.82) is 0 Å². The number of ether oxygens (including phenoxy) is 3. The van der Waals surface area contributed by atoms with Crippen LogP contribution < -0.4 is 0 Å². The third kappa shape index (κ3) is 5.95. The fraction of sp³-hybridized carbons (Fsp3) is 0.407. The number of aryl methyl sites for hydroxylation is 3. The molecule has 3 aromatic carbocycles. The number of hydrogen-bond donors (Lipinski definition) is 0. The molecule has 1 aliphatic heterocycles. The predicted octanol–water partition coefficient (Wildman–Crippen LogP) is 6.28. The summed E-state index contributed by atoms with van der Waals surface area (Å²) in [7, 11) is 0. The summed E-state index contributed by atoms with van der Waals surface area (Å²) >= 11 is 0. The van der Waals surface area contributed by atoms with Crippen LogP contribution in [0.2, 0.25) is 0 Å². The van der Waals surface area contributed by atoms with Gasteiger partial charge in [-0.15, -0.1) is 0 Å². The second-order valence-electron chi connectivity index (χ2n) is 8.60. The minimum Gasteiger partial charge on any atom is -0.373 e. The van der Waals surface area contributed by atoms with Crippen molar-refractivity contribution in [2.45, 2.75) is 51.4 Å². The lowest BCUT2D eigenvalue weighted by molar-refractivity contribution is -0.227. The van der Waals surface area contributed by atoms with Gasteiger partial charge in [-0.1, -0.05) is 37.3 Å². The first kappa shape index (κ1) is 24.6. The van der Waals surface area contributed by atoms with E-state index in [-0.39, 0.29) is 36.6 Å². The molecule has 0 unspecified atom stereocenters. The Labute approximate surface area is 196 Å². The standard InChI is InChI=1S/C27H28F4O3/c1-2-11-32-21-15-33-25(34-16-21)10-5-17-4-9-22-20(12-17)8-7-19(26(22)30)6-3-18-13-23(28)27(31)24(29)14-18/h4,7-9,12-14,21,25H,2-3,5-6,10-11,15-16H2,1H3. The molecule has 182 valence electrons. The maximum atomic E-state index is 15.1. The Kier molecular flexibility index (Phi) is 8.19. The molecular formula is C27H28F4O3. The zero-order valence-electron chi connectivity index (χ0n) is 19.1. The van der Waals surface area contributed by atoms with Crippen LogP contribution in [-0.4, -0.2) is 32.2 Å². The Morgan fingerprint density at radius 2 is 1.56 bits per heavy atom. The highest BCUT2D eigenvalue weighted by Gasteiger charge is 2.22. The molecule has 0 aromatic heterocycles. The quantitative estimate of drug-likeness (QED) is 0.269. The van der Waals surface area contributed by atoms with E-state index in [9.17, 15) is 13.2 Å². The van der Waals surface area contributed by atoms with Gasteiger partial charge in [0.2, 0.25) is 0 Å². The highest BCUT2D eigenvalue weighted by Crippen LogP contribution is 2.25. The SMILES string of the molecule is CCCOC1COC(CCc2ccc3c(F)c(CCc4cc(F)c(F)c(F)c4)ccc3c2)OC1. The Hall–Kier alpha value is -2.48. The lowest BCUT2D eigenvalue weighted by Gasteiger charge is -2.29. The van der Waals surface area contributed by atoms with Gasteiger partial charge in [0, 0.05) is 18.4 Å². The van der Waals surface area contributed by atoms with Crippen molar-refractivity contribution < 1.29 is 31.8 Å². The number of hydrogen-bond acceptors (Lipinski definition) is 3. The van der Waals surface area contributed by atoms with Crippen molar-refractivity contribution >= 4 is 10.8 Å². The smallest absolute Gasteiger partial charge is 0.194 e. The number of rotatable bonds is 9. The second-order valence-corrected chi connectivity index (χ2v) is 8.60. The summed E-state index contributed by atoms with van der Waals surface area (Å²) in [6.07, 6.45) is 2.52. The molecule has 0 saturated carbocycles. The molecule has 4 rings (SSSR count). The normalized spacial score (nSPS) is 18.5. The monoisotopic (exact) mass is 476 g/mol. The molecule has 0 aliphatic carbocycles. The summed E-state index contributed by atoms with van der Waals surface area (Å²) in [5.41, 5.74) is 1.77. The van der Waals surface area contributed by atoms with Gasteiger partial charge in [0.25, 0.3) is 0 Å². The van der Waals surface area contributed by atoms with E-state index >= 15 is 4.39 Å². The van der Waals surface area contributed by atoms with E-state index in [1.165, 1.54) is 0 Å². The van der Waals surface area contributed by atoms with Crippen molar-refractivity contribution in [1.82, 2.24) is 0 Å². The van der Waals surface area contributed by atoms with Gasteiger partial charge in [0.15, 0.2) is 23.7 Å². The maximum Gasteiger partial charge on any atom is 0.194 e. The van der Waals surface area contributed by atoms with Crippen molar-refractivity contribution in [3.63, 3.8) is 0 Å².